The van der Waals surface area contributed by atoms with Crippen molar-refractivity contribution in [1.82, 2.24) is 0 Å². The van der Waals surface area contributed by atoms with E-state index in [1.165, 1.54) is 14.2 Å². The third-order valence-corrected chi connectivity index (χ3v) is 4.55. The number of hydrogen-bond donors (Lipinski definition) is 0. The lowest BCUT2D eigenvalue weighted by atomic mass is 9.91. The Kier molecular flexibility index (Phi) is 6.63. The zero-order valence-corrected chi connectivity index (χ0v) is 16.3. The van der Waals surface area contributed by atoms with Gasteiger partial charge < -0.3 is 14.2 Å². The van der Waals surface area contributed by atoms with Gasteiger partial charge in [0, 0.05) is 5.56 Å². The summed E-state index contributed by atoms with van der Waals surface area (Å²) in [6, 6.07) is 23.6. The second-order valence-corrected chi connectivity index (χ2v) is 6.36. The van der Waals surface area contributed by atoms with Crippen LogP contribution in [0.4, 0.5) is 0 Å². The Labute approximate surface area is 169 Å². The van der Waals surface area contributed by atoms with E-state index in [0.29, 0.717) is 17.1 Å². The molecule has 3 rings (SSSR count). The van der Waals surface area contributed by atoms with E-state index in [1.807, 2.05) is 60.7 Å². The lowest BCUT2D eigenvalue weighted by Crippen LogP contribution is -2.21. The van der Waals surface area contributed by atoms with Crippen LogP contribution in [0, 0.1) is 0 Å². The molecule has 0 aliphatic carbocycles. The third kappa shape index (κ3) is 4.82. The van der Waals surface area contributed by atoms with Gasteiger partial charge in [-0.3, -0.25) is 9.59 Å². The van der Waals surface area contributed by atoms with Gasteiger partial charge >= 0.3 is 5.97 Å². The van der Waals surface area contributed by atoms with E-state index in [4.69, 9.17) is 14.2 Å². The Morgan fingerprint density at radius 2 is 1.31 bits per heavy atom. The number of esters is 1. The van der Waals surface area contributed by atoms with Crippen LogP contribution < -0.4 is 9.47 Å². The highest BCUT2D eigenvalue weighted by atomic mass is 16.5. The minimum Gasteiger partial charge on any atom is -0.493 e. The second kappa shape index (κ2) is 9.55. The molecule has 0 aromatic heterocycles. The van der Waals surface area contributed by atoms with E-state index < -0.39 is 11.9 Å². The molecule has 0 saturated carbocycles. The van der Waals surface area contributed by atoms with E-state index in [0.717, 1.165) is 11.1 Å². The average Bonchev–Trinajstić information content (AvgIpc) is 2.78. The number of Topliss-reactive ketones (excluding diaryl/α,β-unsaturated/α-hetero) is 1. The fraction of sp³-hybridized carbons (Fsp3) is 0.167. The first-order valence-corrected chi connectivity index (χ1v) is 9.15. The molecule has 0 N–H and O–H groups in total. The van der Waals surface area contributed by atoms with Crippen molar-refractivity contribution < 1.29 is 23.8 Å². The number of rotatable bonds is 8. The molecule has 5 heteroatoms. The quantitative estimate of drug-likeness (QED) is 0.425. The van der Waals surface area contributed by atoms with Gasteiger partial charge in [0.05, 0.1) is 14.2 Å². The fourth-order valence-electron chi connectivity index (χ4n) is 3.07. The van der Waals surface area contributed by atoms with E-state index in [1.54, 1.807) is 18.2 Å². The Bertz CT molecular complexity index is 928. The molecule has 0 radical (unpaired) electrons. The minimum atomic E-state index is -0.601. The first-order chi connectivity index (χ1) is 14.1. The summed E-state index contributed by atoms with van der Waals surface area (Å²) in [7, 11) is 3.02. The maximum atomic E-state index is 12.9. The molecule has 0 unspecified atom stereocenters. The van der Waals surface area contributed by atoms with Gasteiger partial charge in [-0.2, -0.15) is 0 Å². The van der Waals surface area contributed by atoms with Crippen LogP contribution in [0.3, 0.4) is 0 Å². The lowest BCUT2D eigenvalue weighted by Gasteiger charge is -2.17. The molecule has 0 spiro atoms. The van der Waals surface area contributed by atoms with Crippen LogP contribution in [0.25, 0.3) is 0 Å². The monoisotopic (exact) mass is 390 g/mol. The van der Waals surface area contributed by atoms with Crippen molar-refractivity contribution in [2.75, 3.05) is 20.8 Å². The number of benzene rings is 3. The van der Waals surface area contributed by atoms with Crippen molar-refractivity contribution in [3.05, 3.63) is 95.6 Å². The molecule has 3 aromatic carbocycles. The first kappa shape index (κ1) is 20.1. The predicted octanol–water partition coefficient (Wildman–Crippen LogP) is 4.26. The van der Waals surface area contributed by atoms with E-state index >= 15 is 0 Å². The van der Waals surface area contributed by atoms with Crippen LogP contribution in [0.2, 0.25) is 0 Å². The van der Waals surface area contributed by atoms with Gasteiger partial charge in [-0.05, 0) is 29.3 Å². The largest absolute Gasteiger partial charge is 0.493 e. The lowest BCUT2D eigenvalue weighted by molar-refractivity contribution is -0.143. The van der Waals surface area contributed by atoms with Crippen molar-refractivity contribution in [3.63, 3.8) is 0 Å². The molecule has 0 amide bonds. The van der Waals surface area contributed by atoms with Crippen molar-refractivity contribution in [2.24, 2.45) is 0 Å². The van der Waals surface area contributed by atoms with Gasteiger partial charge in [0.1, 0.15) is 5.92 Å². The Hall–Kier alpha value is -3.60. The summed E-state index contributed by atoms with van der Waals surface area (Å²) in [6.07, 6.45) is 0. The fourth-order valence-corrected chi connectivity index (χ4v) is 3.07. The summed E-state index contributed by atoms with van der Waals surface area (Å²) in [5, 5.41) is 0. The molecular weight excluding hydrogens is 368 g/mol. The van der Waals surface area contributed by atoms with Crippen molar-refractivity contribution in [2.45, 2.75) is 5.92 Å². The standard InChI is InChI=1S/C24H22O5/c1-27-21-14-13-19(15-22(21)28-2)20(25)16-29-24(26)23(17-9-5-3-6-10-17)18-11-7-4-8-12-18/h3-15,23H,16H2,1-2H3. The Morgan fingerprint density at radius 1 is 0.759 bits per heavy atom. The summed E-state index contributed by atoms with van der Waals surface area (Å²) in [5.41, 5.74) is 2.00. The number of methoxy groups -OCH3 is 2. The van der Waals surface area contributed by atoms with Gasteiger partial charge in [-0.1, -0.05) is 60.7 Å². The molecule has 0 aliphatic rings. The summed E-state index contributed by atoms with van der Waals surface area (Å²) in [5.74, 6) is -0.434. The van der Waals surface area contributed by atoms with Crippen LogP contribution in [0.5, 0.6) is 11.5 Å². The zero-order valence-electron chi connectivity index (χ0n) is 16.3. The summed E-state index contributed by atoms with van der Waals surface area (Å²) in [4.78, 5) is 25.4. The number of hydrogen-bond acceptors (Lipinski definition) is 5. The molecular formula is C24H22O5. The van der Waals surface area contributed by atoms with Crippen LogP contribution in [0.1, 0.15) is 27.4 Å². The van der Waals surface area contributed by atoms with Crippen LogP contribution in [-0.4, -0.2) is 32.6 Å². The highest BCUT2D eigenvalue weighted by Gasteiger charge is 2.25. The third-order valence-electron chi connectivity index (χ3n) is 4.55. The molecule has 5 nitrogen and oxygen atoms in total. The van der Waals surface area contributed by atoms with Gasteiger partial charge in [0.25, 0.3) is 0 Å². The maximum absolute atomic E-state index is 12.9. The highest BCUT2D eigenvalue weighted by Crippen LogP contribution is 2.28. The van der Waals surface area contributed by atoms with Crippen molar-refractivity contribution >= 4 is 11.8 Å². The molecule has 0 atom stereocenters. The van der Waals surface area contributed by atoms with Gasteiger partial charge in [-0.25, -0.2) is 0 Å². The molecule has 29 heavy (non-hydrogen) atoms. The maximum Gasteiger partial charge on any atom is 0.318 e. The first-order valence-electron chi connectivity index (χ1n) is 9.15. The summed E-state index contributed by atoms with van der Waals surface area (Å²) < 4.78 is 15.8. The number of ketones is 1. The van der Waals surface area contributed by atoms with Gasteiger partial charge in [-0.15, -0.1) is 0 Å². The van der Waals surface area contributed by atoms with Gasteiger partial charge in [0.2, 0.25) is 0 Å². The molecule has 0 saturated heterocycles. The van der Waals surface area contributed by atoms with Crippen LogP contribution in [0.15, 0.2) is 78.9 Å². The topological polar surface area (TPSA) is 61.8 Å². The predicted molar refractivity (Wildman–Crippen MR) is 110 cm³/mol. The Balaban J connectivity index is 1.76. The van der Waals surface area contributed by atoms with E-state index in [9.17, 15) is 9.59 Å². The molecule has 0 aliphatic heterocycles. The summed E-state index contributed by atoms with van der Waals surface area (Å²) in [6.45, 7) is -0.357. The SMILES string of the molecule is COc1ccc(C(=O)COC(=O)C(c2ccccc2)c2ccccc2)cc1OC. The van der Waals surface area contributed by atoms with Gasteiger partial charge in [0.15, 0.2) is 23.9 Å². The molecule has 3 aromatic rings. The number of ether oxygens (including phenoxy) is 3. The minimum absolute atomic E-state index is 0.320. The number of carbonyl (C=O) groups excluding carboxylic acids is 2. The molecule has 148 valence electrons. The molecule has 0 heterocycles. The van der Waals surface area contributed by atoms with Crippen LogP contribution >= 0.6 is 0 Å². The molecule has 0 fully saturated rings. The van der Waals surface area contributed by atoms with Crippen LogP contribution in [-0.2, 0) is 9.53 Å². The molecule has 0 bridgehead atoms. The van der Waals surface area contributed by atoms with Crippen molar-refractivity contribution in [1.29, 1.82) is 0 Å². The highest BCUT2D eigenvalue weighted by molar-refractivity contribution is 5.99. The van der Waals surface area contributed by atoms with Crippen molar-refractivity contribution in [3.8, 4) is 11.5 Å². The van der Waals surface area contributed by atoms with E-state index in [2.05, 4.69) is 0 Å². The summed E-state index contributed by atoms with van der Waals surface area (Å²) >= 11 is 0. The zero-order chi connectivity index (χ0) is 20.6. The number of carbonyl (C=O) groups is 2. The van der Waals surface area contributed by atoms with E-state index in [-0.39, 0.29) is 12.4 Å². The smallest absolute Gasteiger partial charge is 0.318 e. The second-order valence-electron chi connectivity index (χ2n) is 6.36. The average molecular weight is 390 g/mol. The Morgan fingerprint density at radius 3 is 1.83 bits per heavy atom. The normalized spacial score (nSPS) is 10.4.